The van der Waals surface area contributed by atoms with Crippen LogP contribution in [0.1, 0.15) is 105 Å². The fourth-order valence-corrected chi connectivity index (χ4v) is 10.1. The van der Waals surface area contributed by atoms with Crippen LogP contribution in [0.4, 0.5) is 0 Å². The van der Waals surface area contributed by atoms with Gasteiger partial charge in [0.15, 0.2) is 0 Å². The first-order chi connectivity index (χ1) is 15.3. The van der Waals surface area contributed by atoms with Crippen molar-refractivity contribution in [3.8, 4) is 0 Å². The summed E-state index contributed by atoms with van der Waals surface area (Å²) in [6.07, 6.45) is 11.0. The van der Waals surface area contributed by atoms with Crippen LogP contribution in [0.2, 0.25) is 0 Å². The molecule has 192 valence electrons. The second-order valence-corrected chi connectivity index (χ2v) is 14.3. The van der Waals surface area contributed by atoms with E-state index in [4.69, 9.17) is 4.18 Å². The molecule has 0 heterocycles. The molecule has 0 saturated heterocycles. The molecule has 33 heavy (non-hydrogen) atoms. The first-order valence-corrected chi connectivity index (χ1v) is 15.1. The van der Waals surface area contributed by atoms with Crippen molar-refractivity contribution < 1.29 is 22.3 Å². The molecule has 5 unspecified atom stereocenters. The second kappa shape index (κ2) is 9.37. The van der Waals surface area contributed by atoms with Gasteiger partial charge in [0, 0.05) is 0 Å². The molecular formula is C27H48O5S. The minimum Gasteiger partial charge on any atom is -0.393 e. The predicted molar refractivity (Wildman–Crippen MR) is 131 cm³/mol. The number of hydrogen-bond donors (Lipinski definition) is 2. The van der Waals surface area contributed by atoms with Crippen molar-refractivity contribution in [1.82, 2.24) is 0 Å². The van der Waals surface area contributed by atoms with Crippen molar-refractivity contribution in [3.63, 3.8) is 0 Å². The van der Waals surface area contributed by atoms with E-state index in [1.807, 2.05) is 0 Å². The lowest BCUT2D eigenvalue weighted by molar-refractivity contribution is -0.166. The Hall–Kier alpha value is -0.170. The van der Waals surface area contributed by atoms with E-state index in [1.165, 1.54) is 44.9 Å². The maximum Gasteiger partial charge on any atom is 0.397 e. The average Bonchev–Trinajstić information content (AvgIpc) is 3.05. The van der Waals surface area contributed by atoms with Crippen LogP contribution in [-0.2, 0) is 14.6 Å². The summed E-state index contributed by atoms with van der Waals surface area (Å²) in [5, 5.41) is 10.4. The normalized spacial score (nSPS) is 46.5. The van der Waals surface area contributed by atoms with Gasteiger partial charge in [-0.25, -0.2) is 4.18 Å². The summed E-state index contributed by atoms with van der Waals surface area (Å²) in [4.78, 5) is 0. The lowest BCUT2D eigenvalue weighted by Gasteiger charge is -2.62. The number of rotatable bonds is 7. The molecule has 4 aliphatic rings. The summed E-state index contributed by atoms with van der Waals surface area (Å²) in [6, 6.07) is 0. The van der Waals surface area contributed by atoms with Crippen molar-refractivity contribution >= 4 is 10.4 Å². The molecule has 0 aromatic rings. The Kier molecular flexibility index (Phi) is 7.35. The number of hydrogen-bond acceptors (Lipinski definition) is 4. The standard InChI is InChI=1S/C27H48O5S/c1-17(2)7-6-8-18(3)21-9-10-22-20-16-25(32-33(29,30)31)24-15-19(28)11-13-27(24,5)23(20)12-14-26(21,22)4/h17-25,28H,6-16H2,1-5H3,(H,29,30,31)/t18-,19+,20+,21?,22?,23?,24?,25?,26-,27-/m1/s1. The average molecular weight is 485 g/mol. The summed E-state index contributed by atoms with van der Waals surface area (Å²) >= 11 is 0. The molecule has 0 aliphatic heterocycles. The Morgan fingerprint density at radius 3 is 2.24 bits per heavy atom. The maximum absolute atomic E-state index is 11.8. The van der Waals surface area contributed by atoms with E-state index in [2.05, 4.69) is 34.6 Å². The Balaban J connectivity index is 1.57. The van der Waals surface area contributed by atoms with Gasteiger partial charge in [-0.3, -0.25) is 4.55 Å². The molecule has 0 amide bonds. The van der Waals surface area contributed by atoms with E-state index >= 15 is 0 Å². The molecule has 10 atom stereocenters. The summed E-state index contributed by atoms with van der Waals surface area (Å²) in [5.41, 5.74) is 0.290. The molecular weight excluding hydrogens is 436 g/mol. The number of aliphatic hydroxyl groups is 1. The van der Waals surface area contributed by atoms with E-state index in [-0.39, 0.29) is 11.3 Å². The van der Waals surface area contributed by atoms with Crippen LogP contribution in [0, 0.1) is 52.3 Å². The van der Waals surface area contributed by atoms with Gasteiger partial charge in [-0.15, -0.1) is 0 Å². The van der Waals surface area contributed by atoms with Gasteiger partial charge in [-0.1, -0.05) is 53.9 Å². The summed E-state index contributed by atoms with van der Waals surface area (Å²) < 4.78 is 38.5. The van der Waals surface area contributed by atoms with Crippen LogP contribution in [0.25, 0.3) is 0 Å². The van der Waals surface area contributed by atoms with Crippen LogP contribution in [0.15, 0.2) is 0 Å². The molecule has 5 nitrogen and oxygen atoms in total. The van der Waals surface area contributed by atoms with Gasteiger partial charge < -0.3 is 5.11 Å². The second-order valence-electron chi connectivity index (χ2n) is 13.2. The zero-order chi connectivity index (χ0) is 24.2. The molecule has 4 rings (SSSR count). The quantitative estimate of drug-likeness (QED) is 0.416. The van der Waals surface area contributed by atoms with Crippen molar-refractivity contribution in [2.75, 3.05) is 0 Å². The van der Waals surface area contributed by atoms with Gasteiger partial charge in [0.1, 0.15) is 0 Å². The SMILES string of the molecule is CC(C)CCC[C@@H](C)C1CCC2[C@@H]3CC(OS(=O)(=O)O)C4C[C@@H](O)CC[C@]4(C)C3CC[C@@]21C. The minimum atomic E-state index is -4.52. The van der Waals surface area contributed by atoms with Gasteiger partial charge in [-0.05, 0) is 104 Å². The van der Waals surface area contributed by atoms with E-state index in [0.717, 1.165) is 30.6 Å². The van der Waals surface area contributed by atoms with E-state index in [1.54, 1.807) is 0 Å². The van der Waals surface area contributed by atoms with Crippen LogP contribution < -0.4 is 0 Å². The van der Waals surface area contributed by atoms with Gasteiger partial charge in [-0.2, -0.15) is 8.42 Å². The van der Waals surface area contributed by atoms with Crippen LogP contribution >= 0.6 is 0 Å². The molecule has 0 aromatic heterocycles. The van der Waals surface area contributed by atoms with Crippen LogP contribution in [0.3, 0.4) is 0 Å². The fourth-order valence-electron chi connectivity index (χ4n) is 9.53. The lowest BCUT2D eigenvalue weighted by Crippen LogP contribution is -2.59. The molecule has 0 radical (unpaired) electrons. The van der Waals surface area contributed by atoms with Gasteiger partial charge in [0.25, 0.3) is 0 Å². The highest BCUT2D eigenvalue weighted by molar-refractivity contribution is 7.80. The molecule has 0 bridgehead atoms. The van der Waals surface area contributed by atoms with Gasteiger partial charge >= 0.3 is 10.4 Å². The number of aliphatic hydroxyl groups excluding tert-OH is 1. The van der Waals surface area contributed by atoms with E-state index in [9.17, 15) is 18.1 Å². The third-order valence-corrected chi connectivity index (χ3v) is 11.6. The highest BCUT2D eigenvalue weighted by Crippen LogP contribution is 2.68. The van der Waals surface area contributed by atoms with Gasteiger partial charge in [0.05, 0.1) is 12.2 Å². The molecule has 4 saturated carbocycles. The first-order valence-electron chi connectivity index (χ1n) is 13.7. The fraction of sp³-hybridized carbons (Fsp3) is 1.00. The van der Waals surface area contributed by atoms with Crippen molar-refractivity contribution in [2.45, 2.75) is 117 Å². The Morgan fingerprint density at radius 2 is 1.58 bits per heavy atom. The largest absolute Gasteiger partial charge is 0.397 e. The highest BCUT2D eigenvalue weighted by Gasteiger charge is 2.63. The third-order valence-electron chi connectivity index (χ3n) is 11.1. The molecule has 0 spiro atoms. The predicted octanol–water partition coefficient (Wildman–Crippen LogP) is 6.27. The Bertz CT molecular complexity index is 796. The maximum atomic E-state index is 11.8. The minimum absolute atomic E-state index is 0.0130. The van der Waals surface area contributed by atoms with Gasteiger partial charge in [0.2, 0.25) is 0 Å². The summed E-state index contributed by atoms with van der Waals surface area (Å²) in [6.45, 7) is 11.9. The Morgan fingerprint density at radius 1 is 0.909 bits per heavy atom. The molecule has 4 fully saturated rings. The zero-order valence-electron chi connectivity index (χ0n) is 21.5. The van der Waals surface area contributed by atoms with Crippen molar-refractivity contribution in [3.05, 3.63) is 0 Å². The molecule has 6 heteroatoms. The lowest BCUT2D eigenvalue weighted by atomic mass is 9.43. The molecule has 4 aliphatic carbocycles. The first kappa shape index (κ1) is 25.9. The van der Waals surface area contributed by atoms with E-state index < -0.39 is 22.6 Å². The van der Waals surface area contributed by atoms with Crippen LogP contribution in [0.5, 0.6) is 0 Å². The highest BCUT2D eigenvalue weighted by atomic mass is 32.3. The third kappa shape index (κ3) is 4.93. The zero-order valence-corrected chi connectivity index (χ0v) is 22.3. The van der Waals surface area contributed by atoms with Crippen molar-refractivity contribution in [1.29, 1.82) is 0 Å². The Labute approximate surface area is 202 Å². The summed E-state index contributed by atoms with van der Waals surface area (Å²) in [5.74, 6) is 3.84. The smallest absolute Gasteiger partial charge is 0.393 e. The number of fused-ring (bicyclic) bond motifs is 5. The summed E-state index contributed by atoms with van der Waals surface area (Å²) in [7, 11) is -4.52. The molecule has 2 N–H and O–H groups in total. The monoisotopic (exact) mass is 484 g/mol. The van der Waals surface area contributed by atoms with E-state index in [0.29, 0.717) is 36.0 Å². The topological polar surface area (TPSA) is 83.8 Å². The molecule has 0 aromatic carbocycles. The van der Waals surface area contributed by atoms with Crippen molar-refractivity contribution in [2.24, 2.45) is 52.3 Å². The van der Waals surface area contributed by atoms with Crippen LogP contribution in [-0.4, -0.2) is 30.3 Å².